The van der Waals surface area contributed by atoms with Crippen LogP contribution in [0.3, 0.4) is 0 Å². The minimum Gasteiger partial charge on any atom is -0.273 e. The zero-order chi connectivity index (χ0) is 14.6. The molecule has 21 heavy (non-hydrogen) atoms. The van der Waals surface area contributed by atoms with E-state index in [0.717, 1.165) is 17.9 Å². The maximum atomic E-state index is 12.3. The second-order valence-corrected chi connectivity index (χ2v) is 6.11. The van der Waals surface area contributed by atoms with Gasteiger partial charge in [-0.1, -0.05) is 25.0 Å². The van der Waals surface area contributed by atoms with Crippen molar-refractivity contribution in [2.24, 2.45) is 17.8 Å². The van der Waals surface area contributed by atoms with Gasteiger partial charge in [0.1, 0.15) is 0 Å². The normalized spacial score (nSPS) is 29.9. The largest absolute Gasteiger partial charge is 0.280 e. The van der Waals surface area contributed by atoms with Gasteiger partial charge in [0.05, 0.1) is 11.1 Å². The van der Waals surface area contributed by atoms with Crippen LogP contribution in [0.15, 0.2) is 24.3 Å². The predicted molar refractivity (Wildman–Crippen MR) is 74.0 cm³/mol. The van der Waals surface area contributed by atoms with Crippen molar-refractivity contribution in [2.45, 2.75) is 25.7 Å². The highest BCUT2D eigenvalue weighted by Crippen LogP contribution is 2.55. The number of carbonyl (C=O) groups excluding carboxylic acids is 3. The van der Waals surface area contributed by atoms with Gasteiger partial charge in [0.2, 0.25) is 5.91 Å². The second kappa shape index (κ2) is 4.41. The first-order valence-electron chi connectivity index (χ1n) is 7.47. The number of hydrogen-bond donors (Lipinski definition) is 1. The molecule has 2 fully saturated rings. The highest BCUT2D eigenvalue weighted by molar-refractivity contribution is 6.21. The van der Waals surface area contributed by atoms with Gasteiger partial charge in [-0.05, 0) is 36.8 Å². The molecule has 1 heterocycles. The van der Waals surface area contributed by atoms with Crippen LogP contribution in [-0.2, 0) is 4.79 Å². The van der Waals surface area contributed by atoms with Crippen LogP contribution in [0.2, 0.25) is 0 Å². The average molecular weight is 284 g/mol. The van der Waals surface area contributed by atoms with E-state index in [1.165, 1.54) is 12.8 Å². The zero-order valence-electron chi connectivity index (χ0n) is 11.5. The third-order valence-corrected chi connectivity index (χ3v) is 4.98. The van der Waals surface area contributed by atoms with E-state index < -0.39 is 11.8 Å². The van der Waals surface area contributed by atoms with Gasteiger partial charge in [-0.25, -0.2) is 0 Å². The topological polar surface area (TPSA) is 66.5 Å². The van der Waals surface area contributed by atoms with Crippen molar-refractivity contribution < 1.29 is 14.4 Å². The average Bonchev–Trinajstić information content (AvgIpc) is 3.20. The zero-order valence-corrected chi connectivity index (χ0v) is 11.5. The van der Waals surface area contributed by atoms with Gasteiger partial charge in [-0.15, -0.1) is 0 Å². The molecule has 3 amide bonds. The van der Waals surface area contributed by atoms with Crippen molar-refractivity contribution in [2.75, 3.05) is 0 Å². The maximum absolute atomic E-state index is 12.3. The Kier molecular flexibility index (Phi) is 2.64. The molecule has 3 aliphatic rings. The molecule has 0 radical (unpaired) electrons. The van der Waals surface area contributed by atoms with E-state index in [4.69, 9.17) is 0 Å². The fourth-order valence-corrected chi connectivity index (χ4v) is 3.86. The molecule has 2 atom stereocenters. The second-order valence-electron chi connectivity index (χ2n) is 6.11. The van der Waals surface area contributed by atoms with Crippen molar-refractivity contribution in [3.63, 3.8) is 0 Å². The van der Waals surface area contributed by atoms with Crippen LogP contribution in [0.25, 0.3) is 0 Å². The third-order valence-electron chi connectivity index (χ3n) is 4.98. The molecule has 1 N–H and O–H groups in total. The smallest absolute Gasteiger partial charge is 0.273 e. The Hall–Kier alpha value is -2.17. The molecule has 0 saturated heterocycles. The fourth-order valence-electron chi connectivity index (χ4n) is 3.86. The summed E-state index contributed by atoms with van der Waals surface area (Å²) in [5.41, 5.74) is 3.25. The van der Waals surface area contributed by atoms with Crippen molar-refractivity contribution in [3.8, 4) is 0 Å². The van der Waals surface area contributed by atoms with Crippen LogP contribution in [0, 0.1) is 17.8 Å². The van der Waals surface area contributed by atoms with Crippen molar-refractivity contribution >= 4 is 17.7 Å². The van der Waals surface area contributed by atoms with Crippen LogP contribution in [0.4, 0.5) is 0 Å². The molecule has 2 saturated carbocycles. The number of carbonyl (C=O) groups is 3. The third kappa shape index (κ3) is 1.80. The molecule has 4 rings (SSSR count). The summed E-state index contributed by atoms with van der Waals surface area (Å²) in [6.45, 7) is 0. The molecule has 108 valence electrons. The molecule has 0 bridgehead atoms. The molecule has 0 unspecified atom stereocenters. The summed E-state index contributed by atoms with van der Waals surface area (Å²) in [4.78, 5) is 36.7. The first-order chi connectivity index (χ1) is 10.2. The number of hydrogen-bond acceptors (Lipinski definition) is 3. The van der Waals surface area contributed by atoms with Crippen molar-refractivity contribution in [3.05, 3.63) is 35.4 Å². The lowest BCUT2D eigenvalue weighted by atomic mass is 10.0. The first kappa shape index (κ1) is 12.6. The molecule has 2 aliphatic carbocycles. The molecule has 0 aromatic heterocycles. The van der Waals surface area contributed by atoms with Gasteiger partial charge in [0.25, 0.3) is 11.8 Å². The van der Waals surface area contributed by atoms with E-state index in [1.807, 2.05) is 0 Å². The number of hydrazine groups is 1. The minimum absolute atomic E-state index is 0.0168. The summed E-state index contributed by atoms with van der Waals surface area (Å²) in [5.74, 6) is -0.166. The van der Waals surface area contributed by atoms with Crippen LogP contribution in [-0.4, -0.2) is 22.7 Å². The molecule has 0 spiro atoms. The predicted octanol–water partition coefficient (Wildman–Crippen LogP) is 1.75. The standard InChI is InChI=1S/C16H16N2O3/c19-14(13-9-5-1-2-6-10(9)13)17-18-15(20)11-7-3-4-8-12(11)16(18)21/h3-4,7-10,13H,1-2,5-6H2,(H,17,19)/t9-,10-/m0/s1. The van der Waals surface area contributed by atoms with E-state index in [0.29, 0.717) is 23.0 Å². The summed E-state index contributed by atoms with van der Waals surface area (Å²) >= 11 is 0. The molecule has 5 nitrogen and oxygen atoms in total. The Balaban J connectivity index is 1.50. The van der Waals surface area contributed by atoms with Crippen LogP contribution in [0.5, 0.6) is 0 Å². The van der Waals surface area contributed by atoms with Gasteiger partial charge in [-0.3, -0.25) is 19.8 Å². The number of imide groups is 1. The number of rotatable bonds is 2. The first-order valence-corrected chi connectivity index (χ1v) is 7.47. The molecule has 1 aromatic rings. The maximum Gasteiger partial charge on any atom is 0.280 e. The Morgan fingerprint density at radius 1 is 1.00 bits per heavy atom. The van der Waals surface area contributed by atoms with E-state index in [-0.39, 0.29) is 11.8 Å². The van der Waals surface area contributed by atoms with Gasteiger partial charge in [-0.2, -0.15) is 5.01 Å². The summed E-state index contributed by atoms with van der Waals surface area (Å²) in [5, 5.41) is 0.872. The summed E-state index contributed by atoms with van der Waals surface area (Å²) in [7, 11) is 0. The van der Waals surface area contributed by atoms with Crippen molar-refractivity contribution in [1.29, 1.82) is 0 Å². The van der Waals surface area contributed by atoms with Crippen LogP contribution in [0.1, 0.15) is 46.4 Å². The van der Waals surface area contributed by atoms with E-state index in [2.05, 4.69) is 5.43 Å². The summed E-state index contributed by atoms with van der Waals surface area (Å²) in [6.07, 6.45) is 4.53. The Bertz CT molecular complexity index is 608. The summed E-state index contributed by atoms with van der Waals surface area (Å²) in [6, 6.07) is 6.65. The van der Waals surface area contributed by atoms with Gasteiger partial charge in [0, 0.05) is 5.92 Å². The lowest BCUT2D eigenvalue weighted by Gasteiger charge is -2.15. The van der Waals surface area contributed by atoms with E-state index in [9.17, 15) is 14.4 Å². The number of amides is 3. The lowest BCUT2D eigenvalue weighted by molar-refractivity contribution is -0.126. The number of fused-ring (bicyclic) bond motifs is 2. The van der Waals surface area contributed by atoms with Gasteiger partial charge < -0.3 is 0 Å². The molecule has 1 aliphatic heterocycles. The number of benzene rings is 1. The Morgan fingerprint density at radius 2 is 1.52 bits per heavy atom. The minimum atomic E-state index is -0.437. The molecule has 5 heteroatoms. The monoisotopic (exact) mass is 284 g/mol. The Labute approximate surface area is 122 Å². The molecular weight excluding hydrogens is 268 g/mol. The molecule has 1 aromatic carbocycles. The van der Waals surface area contributed by atoms with Crippen LogP contribution < -0.4 is 5.43 Å². The van der Waals surface area contributed by atoms with Gasteiger partial charge >= 0.3 is 0 Å². The Morgan fingerprint density at radius 3 is 2.05 bits per heavy atom. The molecular formula is C16H16N2O3. The van der Waals surface area contributed by atoms with Gasteiger partial charge in [0.15, 0.2) is 0 Å². The van der Waals surface area contributed by atoms with E-state index >= 15 is 0 Å². The van der Waals surface area contributed by atoms with Crippen LogP contribution >= 0.6 is 0 Å². The summed E-state index contributed by atoms with van der Waals surface area (Å²) < 4.78 is 0. The number of nitrogens with zero attached hydrogens (tertiary/aromatic N) is 1. The highest BCUT2D eigenvalue weighted by Gasteiger charge is 2.55. The quantitative estimate of drug-likeness (QED) is 0.841. The van der Waals surface area contributed by atoms with Crippen molar-refractivity contribution in [1.82, 2.24) is 10.4 Å². The number of nitrogens with one attached hydrogen (secondary N) is 1. The fraction of sp³-hybridized carbons (Fsp3) is 0.438. The lowest BCUT2D eigenvalue weighted by Crippen LogP contribution is -2.46. The van der Waals surface area contributed by atoms with E-state index in [1.54, 1.807) is 24.3 Å². The SMILES string of the molecule is O=C(NN1C(=O)c2ccccc2C1=O)C1[C@H]2CCCC[C@H]12. The highest BCUT2D eigenvalue weighted by atomic mass is 16.2.